The first-order chi connectivity index (χ1) is 13.5. The van der Waals surface area contributed by atoms with Gasteiger partial charge in [0.25, 0.3) is 0 Å². The summed E-state index contributed by atoms with van der Waals surface area (Å²) in [5.74, 6) is 1.03. The summed E-state index contributed by atoms with van der Waals surface area (Å²) < 4.78 is 5.37. The number of hydrogen-bond donors (Lipinski definition) is 3. The number of hydrogen-bond acceptors (Lipinski definition) is 5. The van der Waals surface area contributed by atoms with Crippen LogP contribution in [0.5, 0.6) is 5.75 Å². The lowest BCUT2D eigenvalue weighted by molar-refractivity contribution is -0.130. The number of aliphatic hydroxyl groups is 1. The largest absolute Gasteiger partial charge is 0.508 e. The first-order valence-electron chi connectivity index (χ1n) is 9.69. The quantitative estimate of drug-likeness (QED) is 0.499. The molecule has 6 nitrogen and oxygen atoms in total. The molecule has 3 rings (SSSR count). The van der Waals surface area contributed by atoms with Crippen molar-refractivity contribution in [1.29, 1.82) is 0 Å². The molecule has 4 atom stereocenters. The average molecular weight is 383 g/mol. The van der Waals surface area contributed by atoms with E-state index in [9.17, 15) is 9.90 Å². The topological polar surface area (TPSA) is 73.8 Å². The van der Waals surface area contributed by atoms with Crippen LogP contribution in [-0.2, 0) is 4.79 Å². The van der Waals surface area contributed by atoms with Crippen molar-refractivity contribution in [3.63, 3.8) is 0 Å². The molecule has 1 aromatic carbocycles. The third kappa shape index (κ3) is 3.70. The van der Waals surface area contributed by atoms with Crippen LogP contribution in [0.3, 0.4) is 0 Å². The first kappa shape index (κ1) is 20.2. The highest BCUT2D eigenvalue weighted by Crippen LogP contribution is 2.42. The molecule has 2 saturated heterocycles. The Labute approximate surface area is 166 Å². The predicted octanol–water partition coefficient (Wildman–Crippen LogP) is 3.02. The van der Waals surface area contributed by atoms with Gasteiger partial charge < -0.3 is 14.7 Å². The zero-order valence-corrected chi connectivity index (χ0v) is 16.7. The highest BCUT2D eigenvalue weighted by Gasteiger charge is 2.55. The molecule has 2 aliphatic rings. The van der Waals surface area contributed by atoms with E-state index < -0.39 is 0 Å². The Morgan fingerprint density at radius 2 is 2.07 bits per heavy atom. The highest BCUT2D eigenvalue weighted by molar-refractivity contribution is 5.86. The molecule has 28 heavy (non-hydrogen) atoms. The molecule has 0 bridgehead atoms. The fraction of sp³-hybridized carbons (Fsp3) is 0.409. The summed E-state index contributed by atoms with van der Waals surface area (Å²) in [4.78, 5) is 15.0. The number of carbonyl (C=O) groups excluding carboxylic acids is 1. The lowest BCUT2D eigenvalue weighted by atomic mass is 9.83. The van der Waals surface area contributed by atoms with Crippen molar-refractivity contribution >= 4 is 5.91 Å². The number of likely N-dealkylation sites (tertiary alicyclic amines) is 1. The van der Waals surface area contributed by atoms with E-state index in [4.69, 9.17) is 4.74 Å². The molecule has 2 fully saturated rings. The van der Waals surface area contributed by atoms with Crippen LogP contribution in [0.1, 0.15) is 31.9 Å². The lowest BCUT2D eigenvalue weighted by Crippen LogP contribution is -2.43. The standard InChI is InChI=1S/C22H29N3O3/c1-5-12-25-21(14(3)10-11-16(26)6-2)18-19(23-24-20(18)22(25)27)15-8-7-9-17(13-15)28-4/h6-11,13,18-21,23-24,26H,3,5,12H2,1-2,4H3/b11-10-,16-6+. The van der Waals surface area contributed by atoms with Gasteiger partial charge in [-0.1, -0.05) is 31.7 Å². The number of fused-ring (bicyclic) bond motifs is 1. The maximum absolute atomic E-state index is 13.1. The molecular weight excluding hydrogens is 354 g/mol. The van der Waals surface area contributed by atoms with E-state index in [0.29, 0.717) is 6.54 Å². The molecule has 4 unspecified atom stereocenters. The van der Waals surface area contributed by atoms with Crippen LogP contribution < -0.4 is 15.6 Å². The van der Waals surface area contributed by atoms with E-state index in [1.54, 1.807) is 32.3 Å². The van der Waals surface area contributed by atoms with Crippen molar-refractivity contribution in [3.8, 4) is 5.75 Å². The molecule has 0 aliphatic carbocycles. The zero-order chi connectivity index (χ0) is 20.3. The van der Waals surface area contributed by atoms with Crippen LogP contribution in [0, 0.1) is 5.92 Å². The number of aliphatic hydroxyl groups excluding tert-OH is 1. The lowest BCUT2D eigenvalue weighted by Gasteiger charge is -2.31. The Hall–Kier alpha value is -2.57. The minimum absolute atomic E-state index is 0.0175. The number of hydrazine groups is 1. The SMILES string of the molecule is C=C(/C=C\C(O)=C/C)C1C2C(NNC2c2cccc(OC)c2)C(=O)N1CCC. The monoisotopic (exact) mass is 383 g/mol. The van der Waals surface area contributed by atoms with Gasteiger partial charge in [0.1, 0.15) is 17.6 Å². The van der Waals surface area contributed by atoms with Gasteiger partial charge in [-0.15, -0.1) is 0 Å². The van der Waals surface area contributed by atoms with Crippen LogP contribution in [-0.4, -0.2) is 41.7 Å². The highest BCUT2D eigenvalue weighted by atomic mass is 16.5. The Morgan fingerprint density at radius 1 is 1.32 bits per heavy atom. The van der Waals surface area contributed by atoms with Gasteiger partial charge in [0, 0.05) is 12.5 Å². The van der Waals surface area contributed by atoms with Crippen LogP contribution >= 0.6 is 0 Å². The van der Waals surface area contributed by atoms with Gasteiger partial charge in [0.2, 0.25) is 5.91 Å². The van der Waals surface area contributed by atoms with Gasteiger partial charge in [-0.3, -0.25) is 4.79 Å². The van der Waals surface area contributed by atoms with Gasteiger partial charge in [-0.2, -0.15) is 0 Å². The number of benzene rings is 1. The van der Waals surface area contributed by atoms with Crippen LogP contribution in [0.4, 0.5) is 0 Å². The van der Waals surface area contributed by atoms with Crippen molar-refractivity contribution < 1.29 is 14.6 Å². The van der Waals surface area contributed by atoms with Gasteiger partial charge >= 0.3 is 0 Å². The molecule has 2 heterocycles. The Morgan fingerprint density at radius 3 is 2.75 bits per heavy atom. The minimum atomic E-state index is -0.312. The number of nitrogens with zero attached hydrogens (tertiary/aromatic N) is 1. The second kappa shape index (κ2) is 8.63. The van der Waals surface area contributed by atoms with E-state index in [2.05, 4.69) is 24.4 Å². The third-order valence-electron chi connectivity index (χ3n) is 5.47. The molecule has 6 heteroatoms. The second-order valence-corrected chi connectivity index (χ2v) is 7.20. The van der Waals surface area contributed by atoms with Crippen molar-refractivity contribution in [2.75, 3.05) is 13.7 Å². The third-order valence-corrected chi connectivity index (χ3v) is 5.47. The van der Waals surface area contributed by atoms with Crippen molar-refractivity contribution in [1.82, 2.24) is 15.8 Å². The molecule has 3 N–H and O–H groups in total. The summed E-state index contributed by atoms with van der Waals surface area (Å²) in [6.45, 7) is 8.74. The Kier molecular flexibility index (Phi) is 6.21. The molecule has 0 spiro atoms. The smallest absolute Gasteiger partial charge is 0.242 e. The first-order valence-corrected chi connectivity index (χ1v) is 9.69. The summed E-state index contributed by atoms with van der Waals surface area (Å²) in [5.41, 5.74) is 8.36. The number of nitrogens with one attached hydrogen (secondary N) is 2. The van der Waals surface area contributed by atoms with E-state index >= 15 is 0 Å². The van der Waals surface area contributed by atoms with E-state index in [1.807, 2.05) is 29.2 Å². The van der Waals surface area contributed by atoms with Crippen LogP contribution in [0.25, 0.3) is 0 Å². The molecule has 1 amide bonds. The second-order valence-electron chi connectivity index (χ2n) is 7.20. The van der Waals surface area contributed by atoms with E-state index in [-0.39, 0.29) is 35.7 Å². The predicted molar refractivity (Wildman–Crippen MR) is 110 cm³/mol. The van der Waals surface area contributed by atoms with Gasteiger partial charge in [0.15, 0.2) is 0 Å². The summed E-state index contributed by atoms with van der Waals surface area (Å²) >= 11 is 0. The fourth-order valence-electron chi connectivity index (χ4n) is 4.14. The van der Waals surface area contributed by atoms with Gasteiger partial charge in [-0.25, -0.2) is 10.9 Å². The minimum Gasteiger partial charge on any atom is -0.508 e. The molecule has 0 aromatic heterocycles. The normalized spacial score (nSPS) is 27.5. The van der Waals surface area contributed by atoms with E-state index in [0.717, 1.165) is 23.3 Å². The summed E-state index contributed by atoms with van der Waals surface area (Å²) in [5, 5.41) is 9.76. The maximum atomic E-state index is 13.1. The van der Waals surface area contributed by atoms with Crippen molar-refractivity contribution in [2.45, 2.75) is 38.4 Å². The average Bonchev–Trinajstić information content (AvgIpc) is 3.26. The van der Waals surface area contributed by atoms with Gasteiger partial charge in [0.05, 0.1) is 19.2 Å². The molecule has 0 radical (unpaired) electrons. The number of carbonyl (C=O) groups is 1. The number of allylic oxidation sites excluding steroid dienone is 2. The molecule has 2 aliphatic heterocycles. The maximum Gasteiger partial charge on any atom is 0.242 e. The van der Waals surface area contributed by atoms with Crippen LogP contribution in [0.15, 0.2) is 60.4 Å². The zero-order valence-electron chi connectivity index (χ0n) is 16.7. The Balaban J connectivity index is 1.96. The number of ether oxygens (including phenoxy) is 1. The number of methoxy groups -OCH3 is 1. The summed E-state index contributed by atoms with van der Waals surface area (Å²) in [7, 11) is 1.65. The van der Waals surface area contributed by atoms with Crippen molar-refractivity contribution in [3.05, 3.63) is 66.0 Å². The Bertz CT molecular complexity index is 802. The van der Waals surface area contributed by atoms with Crippen LogP contribution in [0.2, 0.25) is 0 Å². The molecule has 150 valence electrons. The van der Waals surface area contributed by atoms with E-state index in [1.165, 1.54) is 0 Å². The summed E-state index contributed by atoms with van der Waals surface area (Å²) in [6.07, 6.45) is 5.92. The molecule has 0 saturated carbocycles. The molecular formula is C22H29N3O3. The van der Waals surface area contributed by atoms with Gasteiger partial charge in [-0.05, 0) is 48.8 Å². The van der Waals surface area contributed by atoms with Crippen molar-refractivity contribution in [2.24, 2.45) is 5.92 Å². The number of amides is 1. The fourth-order valence-corrected chi connectivity index (χ4v) is 4.14. The summed E-state index contributed by atoms with van der Waals surface area (Å²) in [6, 6.07) is 7.37. The molecule has 1 aromatic rings. The number of rotatable bonds is 7.